The van der Waals surface area contributed by atoms with E-state index in [1.54, 1.807) is 32.9 Å². The zero-order valence-electron chi connectivity index (χ0n) is 11.6. The van der Waals surface area contributed by atoms with Gasteiger partial charge in [-0.05, 0) is 44.9 Å². The van der Waals surface area contributed by atoms with E-state index in [9.17, 15) is 14.7 Å². The fourth-order valence-corrected chi connectivity index (χ4v) is 2.61. The van der Waals surface area contributed by atoms with Crippen molar-refractivity contribution in [1.82, 2.24) is 0 Å². The minimum absolute atomic E-state index is 0.223. The average Bonchev–Trinajstić information content (AvgIpc) is 2.68. The Bertz CT molecular complexity index is 577. The first-order valence-electron chi connectivity index (χ1n) is 6.25. The van der Waals surface area contributed by atoms with Crippen LogP contribution in [0.1, 0.15) is 36.7 Å². The molecule has 0 radical (unpaired) electrons. The normalized spacial score (nSPS) is 14.1. The van der Waals surface area contributed by atoms with Crippen molar-refractivity contribution in [3.05, 3.63) is 27.7 Å². The molecule has 2 rings (SSSR count). The standard InChI is InChI=1S/C14H16BrNO4/c1-14(2,3)20-13(19)16-5-4-9-10(12(17)18)6-8(15)7-11(9)16/h6-7H,4-5H2,1-3H3,(H,17,18). The zero-order valence-corrected chi connectivity index (χ0v) is 13.2. The Labute approximate surface area is 125 Å². The molecule has 0 bridgehead atoms. The van der Waals surface area contributed by atoms with Crippen LogP contribution in [0.4, 0.5) is 10.5 Å². The molecule has 0 atom stereocenters. The number of ether oxygens (including phenoxy) is 1. The number of fused-ring (bicyclic) bond motifs is 1. The molecule has 1 heterocycles. The van der Waals surface area contributed by atoms with Crippen LogP contribution in [-0.2, 0) is 11.2 Å². The minimum Gasteiger partial charge on any atom is -0.478 e. The van der Waals surface area contributed by atoms with E-state index in [1.807, 2.05) is 0 Å². The number of carboxylic acids is 1. The van der Waals surface area contributed by atoms with Crippen molar-refractivity contribution in [2.45, 2.75) is 32.8 Å². The summed E-state index contributed by atoms with van der Waals surface area (Å²) in [5.74, 6) is -0.992. The summed E-state index contributed by atoms with van der Waals surface area (Å²) in [5.41, 5.74) is 0.916. The molecule has 0 aliphatic carbocycles. The summed E-state index contributed by atoms with van der Waals surface area (Å²) in [7, 11) is 0. The molecule has 5 nitrogen and oxygen atoms in total. The van der Waals surface area contributed by atoms with Gasteiger partial charge >= 0.3 is 12.1 Å². The highest BCUT2D eigenvalue weighted by Crippen LogP contribution is 2.35. The molecule has 1 aromatic carbocycles. The number of carboxylic acid groups (broad SMARTS) is 1. The monoisotopic (exact) mass is 341 g/mol. The van der Waals surface area contributed by atoms with Crippen molar-refractivity contribution in [3.8, 4) is 0 Å². The third-order valence-corrected chi connectivity index (χ3v) is 3.37. The van der Waals surface area contributed by atoms with E-state index in [2.05, 4.69) is 15.9 Å². The van der Waals surface area contributed by atoms with Crippen LogP contribution in [0, 0.1) is 0 Å². The second kappa shape index (κ2) is 5.09. The van der Waals surface area contributed by atoms with E-state index in [0.717, 1.165) is 0 Å². The Kier molecular flexibility index (Phi) is 3.77. The van der Waals surface area contributed by atoms with E-state index in [1.165, 1.54) is 4.90 Å². The number of carbonyl (C=O) groups is 2. The van der Waals surface area contributed by atoms with Gasteiger partial charge in [0.15, 0.2) is 0 Å². The van der Waals surface area contributed by atoms with Gasteiger partial charge in [-0.1, -0.05) is 15.9 Å². The van der Waals surface area contributed by atoms with Crippen LogP contribution in [0.3, 0.4) is 0 Å². The van der Waals surface area contributed by atoms with Gasteiger partial charge in [0.2, 0.25) is 0 Å². The van der Waals surface area contributed by atoms with E-state index in [4.69, 9.17) is 4.74 Å². The largest absolute Gasteiger partial charge is 0.478 e. The number of anilines is 1. The summed E-state index contributed by atoms with van der Waals surface area (Å²) >= 11 is 3.28. The predicted octanol–water partition coefficient (Wildman–Crippen LogP) is 3.44. The number of hydrogen-bond donors (Lipinski definition) is 1. The highest BCUT2D eigenvalue weighted by atomic mass is 79.9. The van der Waals surface area contributed by atoms with Crippen molar-refractivity contribution in [1.29, 1.82) is 0 Å². The molecule has 0 saturated heterocycles. The summed E-state index contributed by atoms with van der Waals surface area (Å²) < 4.78 is 5.97. The summed E-state index contributed by atoms with van der Waals surface area (Å²) in [6.45, 7) is 5.82. The summed E-state index contributed by atoms with van der Waals surface area (Å²) in [4.78, 5) is 24.9. The maximum absolute atomic E-state index is 12.2. The predicted molar refractivity (Wildman–Crippen MR) is 78.4 cm³/mol. The molecule has 0 aromatic heterocycles. The lowest BCUT2D eigenvalue weighted by Crippen LogP contribution is -2.35. The molecular weight excluding hydrogens is 326 g/mol. The third kappa shape index (κ3) is 2.95. The first kappa shape index (κ1) is 14.8. The number of rotatable bonds is 1. The van der Waals surface area contributed by atoms with Crippen LogP contribution in [0.5, 0.6) is 0 Å². The Morgan fingerprint density at radius 2 is 2.00 bits per heavy atom. The van der Waals surface area contributed by atoms with Crippen molar-refractivity contribution in [2.24, 2.45) is 0 Å². The first-order valence-corrected chi connectivity index (χ1v) is 7.04. The molecule has 0 fully saturated rings. The molecule has 20 heavy (non-hydrogen) atoms. The van der Waals surface area contributed by atoms with Crippen LogP contribution in [0.15, 0.2) is 16.6 Å². The lowest BCUT2D eigenvalue weighted by Gasteiger charge is -2.25. The maximum Gasteiger partial charge on any atom is 0.414 e. The quantitative estimate of drug-likeness (QED) is 0.849. The Morgan fingerprint density at radius 3 is 2.55 bits per heavy atom. The Hall–Kier alpha value is -1.56. The molecule has 6 heteroatoms. The molecule has 1 N–H and O–H groups in total. The number of aromatic carboxylic acids is 1. The van der Waals surface area contributed by atoms with Crippen LogP contribution >= 0.6 is 15.9 Å². The van der Waals surface area contributed by atoms with Crippen LogP contribution < -0.4 is 4.90 Å². The molecule has 0 unspecified atom stereocenters. The van der Waals surface area contributed by atoms with E-state index in [0.29, 0.717) is 28.7 Å². The smallest absolute Gasteiger partial charge is 0.414 e. The van der Waals surface area contributed by atoms with E-state index < -0.39 is 17.7 Å². The number of carbonyl (C=O) groups excluding carboxylic acids is 1. The molecule has 0 spiro atoms. The number of halogens is 1. The third-order valence-electron chi connectivity index (χ3n) is 2.91. The second-order valence-corrected chi connectivity index (χ2v) is 6.55. The number of amides is 1. The molecule has 1 aliphatic heterocycles. The van der Waals surface area contributed by atoms with Gasteiger partial charge in [-0.25, -0.2) is 9.59 Å². The molecular formula is C14H16BrNO4. The van der Waals surface area contributed by atoms with Gasteiger partial charge < -0.3 is 9.84 Å². The van der Waals surface area contributed by atoms with Gasteiger partial charge in [-0.2, -0.15) is 0 Å². The fourth-order valence-electron chi connectivity index (χ4n) is 2.17. The molecule has 1 aliphatic rings. The highest BCUT2D eigenvalue weighted by Gasteiger charge is 2.31. The topological polar surface area (TPSA) is 66.8 Å². The molecule has 0 saturated carbocycles. The van der Waals surface area contributed by atoms with Crippen molar-refractivity contribution >= 4 is 33.7 Å². The maximum atomic E-state index is 12.2. The number of hydrogen-bond acceptors (Lipinski definition) is 3. The van der Waals surface area contributed by atoms with E-state index in [-0.39, 0.29) is 5.56 Å². The molecule has 108 valence electrons. The lowest BCUT2D eigenvalue weighted by molar-refractivity contribution is 0.0582. The van der Waals surface area contributed by atoms with Gasteiger partial charge in [0, 0.05) is 11.0 Å². The SMILES string of the molecule is CC(C)(C)OC(=O)N1CCc2c(C(=O)O)cc(Br)cc21. The van der Waals surface area contributed by atoms with Gasteiger partial charge in [0.05, 0.1) is 11.3 Å². The summed E-state index contributed by atoms with van der Waals surface area (Å²) in [6.07, 6.45) is 0.0643. The fraction of sp³-hybridized carbons (Fsp3) is 0.429. The Morgan fingerprint density at radius 1 is 1.35 bits per heavy atom. The summed E-state index contributed by atoms with van der Waals surface area (Å²) in [5, 5.41) is 9.23. The number of nitrogens with zero attached hydrogens (tertiary/aromatic N) is 1. The first-order chi connectivity index (χ1) is 9.19. The lowest BCUT2D eigenvalue weighted by atomic mass is 10.1. The van der Waals surface area contributed by atoms with Gasteiger partial charge in [0.1, 0.15) is 5.60 Å². The van der Waals surface area contributed by atoms with Crippen LogP contribution in [-0.4, -0.2) is 29.3 Å². The highest BCUT2D eigenvalue weighted by molar-refractivity contribution is 9.10. The van der Waals surface area contributed by atoms with Crippen LogP contribution in [0.25, 0.3) is 0 Å². The Balaban J connectivity index is 2.38. The van der Waals surface area contributed by atoms with Crippen molar-refractivity contribution in [3.63, 3.8) is 0 Å². The van der Waals surface area contributed by atoms with Crippen molar-refractivity contribution in [2.75, 3.05) is 11.4 Å². The number of benzene rings is 1. The van der Waals surface area contributed by atoms with Gasteiger partial charge in [-0.3, -0.25) is 4.90 Å². The van der Waals surface area contributed by atoms with Gasteiger partial charge in [0.25, 0.3) is 0 Å². The zero-order chi connectivity index (χ0) is 15.1. The van der Waals surface area contributed by atoms with Crippen molar-refractivity contribution < 1.29 is 19.4 Å². The second-order valence-electron chi connectivity index (χ2n) is 5.64. The average molecular weight is 342 g/mol. The molecule has 1 amide bonds. The minimum atomic E-state index is -0.992. The summed E-state index contributed by atoms with van der Waals surface area (Å²) in [6, 6.07) is 3.30. The van der Waals surface area contributed by atoms with E-state index >= 15 is 0 Å². The van der Waals surface area contributed by atoms with Crippen LogP contribution in [0.2, 0.25) is 0 Å². The molecule has 1 aromatic rings. The van der Waals surface area contributed by atoms with Gasteiger partial charge in [-0.15, -0.1) is 0 Å².